The maximum atomic E-state index is 13.4. The molecule has 0 fully saturated rings. The fourth-order valence-corrected chi connectivity index (χ4v) is 1.89. The third-order valence-electron chi connectivity index (χ3n) is 2.79. The number of nitriles is 1. The minimum Gasteiger partial charge on any atom is -0.456 e. The normalized spacial score (nSPS) is 10.9. The second-order valence-corrected chi connectivity index (χ2v) is 5.71. The molecule has 0 atom stereocenters. The van der Waals surface area contributed by atoms with Gasteiger partial charge < -0.3 is 4.74 Å². The molecule has 2 aromatic rings. The number of halogens is 1. The van der Waals surface area contributed by atoms with Crippen LogP contribution >= 0.6 is 0 Å². The standard InChI is InChI=1S/C17H15FN2O2/c1-17(2,3)22-16(21)13-5-4-8-20-15(13)11-6-7-14(18)12(9-11)10-19/h4-9H,1-3H3. The van der Waals surface area contributed by atoms with Crippen LogP contribution in [0.3, 0.4) is 0 Å². The Morgan fingerprint density at radius 1 is 1.32 bits per heavy atom. The molecule has 0 N–H and O–H groups in total. The van der Waals surface area contributed by atoms with E-state index in [1.807, 2.05) is 0 Å². The lowest BCUT2D eigenvalue weighted by Gasteiger charge is -2.20. The second-order valence-electron chi connectivity index (χ2n) is 5.71. The van der Waals surface area contributed by atoms with Gasteiger partial charge in [-0.15, -0.1) is 0 Å². The summed E-state index contributed by atoms with van der Waals surface area (Å²) < 4.78 is 18.8. The minimum atomic E-state index is -0.634. The van der Waals surface area contributed by atoms with Crippen LogP contribution in [0.25, 0.3) is 11.3 Å². The molecular weight excluding hydrogens is 283 g/mol. The molecule has 0 bridgehead atoms. The molecule has 5 heteroatoms. The van der Waals surface area contributed by atoms with E-state index >= 15 is 0 Å². The van der Waals surface area contributed by atoms with Crippen molar-refractivity contribution in [2.24, 2.45) is 0 Å². The average molecular weight is 298 g/mol. The summed E-state index contributed by atoms with van der Waals surface area (Å²) in [6, 6.07) is 9.01. The van der Waals surface area contributed by atoms with E-state index in [0.717, 1.165) is 0 Å². The van der Waals surface area contributed by atoms with Crippen molar-refractivity contribution in [1.29, 1.82) is 5.26 Å². The smallest absolute Gasteiger partial charge is 0.340 e. The maximum Gasteiger partial charge on any atom is 0.340 e. The summed E-state index contributed by atoms with van der Waals surface area (Å²) in [5.74, 6) is -1.13. The van der Waals surface area contributed by atoms with Crippen LogP contribution in [0.1, 0.15) is 36.7 Å². The summed E-state index contributed by atoms with van der Waals surface area (Å²) in [6.45, 7) is 5.31. The monoisotopic (exact) mass is 298 g/mol. The summed E-state index contributed by atoms with van der Waals surface area (Å²) in [6.07, 6.45) is 1.53. The molecule has 22 heavy (non-hydrogen) atoms. The third-order valence-corrected chi connectivity index (χ3v) is 2.79. The summed E-state index contributed by atoms with van der Waals surface area (Å²) in [7, 11) is 0. The highest BCUT2D eigenvalue weighted by molar-refractivity contribution is 5.96. The number of carbonyl (C=O) groups excluding carboxylic acids is 1. The molecule has 0 amide bonds. The Morgan fingerprint density at radius 3 is 2.68 bits per heavy atom. The molecule has 0 aliphatic carbocycles. The average Bonchev–Trinajstić information content (AvgIpc) is 2.46. The number of hydrogen-bond acceptors (Lipinski definition) is 4. The number of benzene rings is 1. The first-order chi connectivity index (χ1) is 10.3. The molecule has 0 aliphatic rings. The highest BCUT2D eigenvalue weighted by Gasteiger charge is 2.21. The van der Waals surface area contributed by atoms with Crippen molar-refractivity contribution in [3.8, 4) is 17.3 Å². The number of nitrogens with zero attached hydrogens (tertiary/aromatic N) is 2. The van der Waals surface area contributed by atoms with Crippen molar-refractivity contribution in [2.75, 3.05) is 0 Å². The Balaban J connectivity index is 2.50. The topological polar surface area (TPSA) is 63.0 Å². The van der Waals surface area contributed by atoms with Gasteiger partial charge in [-0.3, -0.25) is 4.98 Å². The zero-order valence-electron chi connectivity index (χ0n) is 12.6. The predicted octanol–water partition coefficient (Wildman–Crippen LogP) is 3.71. The van der Waals surface area contributed by atoms with Crippen molar-refractivity contribution in [1.82, 2.24) is 4.98 Å². The van der Waals surface area contributed by atoms with Crippen molar-refractivity contribution >= 4 is 5.97 Å². The molecule has 1 aromatic heterocycles. The largest absolute Gasteiger partial charge is 0.456 e. The van der Waals surface area contributed by atoms with E-state index in [-0.39, 0.29) is 11.1 Å². The van der Waals surface area contributed by atoms with Gasteiger partial charge in [-0.1, -0.05) is 0 Å². The minimum absolute atomic E-state index is 0.0988. The SMILES string of the molecule is CC(C)(C)OC(=O)c1cccnc1-c1ccc(F)c(C#N)c1. The van der Waals surface area contributed by atoms with Gasteiger partial charge in [-0.2, -0.15) is 5.26 Å². The summed E-state index contributed by atoms with van der Waals surface area (Å²) >= 11 is 0. The highest BCUT2D eigenvalue weighted by Crippen LogP contribution is 2.25. The summed E-state index contributed by atoms with van der Waals surface area (Å²) in [4.78, 5) is 16.4. The molecule has 4 nitrogen and oxygen atoms in total. The van der Waals surface area contributed by atoms with Gasteiger partial charge in [0, 0.05) is 11.8 Å². The number of carbonyl (C=O) groups is 1. The van der Waals surface area contributed by atoms with Crippen LogP contribution < -0.4 is 0 Å². The Morgan fingerprint density at radius 2 is 2.05 bits per heavy atom. The van der Waals surface area contributed by atoms with E-state index in [1.54, 1.807) is 39.0 Å². The van der Waals surface area contributed by atoms with Gasteiger partial charge in [-0.05, 0) is 51.1 Å². The molecule has 0 saturated carbocycles. The first kappa shape index (κ1) is 15.6. The van der Waals surface area contributed by atoms with Crippen LogP contribution in [0.2, 0.25) is 0 Å². The molecule has 0 saturated heterocycles. The number of esters is 1. The number of aromatic nitrogens is 1. The molecule has 1 aromatic carbocycles. The molecular formula is C17H15FN2O2. The van der Waals surface area contributed by atoms with E-state index in [1.165, 1.54) is 24.4 Å². The molecule has 0 unspecified atom stereocenters. The van der Waals surface area contributed by atoms with Crippen LogP contribution in [-0.4, -0.2) is 16.6 Å². The quantitative estimate of drug-likeness (QED) is 0.793. The Kier molecular flexibility index (Phi) is 4.22. The van der Waals surface area contributed by atoms with Crippen molar-refractivity contribution in [2.45, 2.75) is 26.4 Å². The lowest BCUT2D eigenvalue weighted by Crippen LogP contribution is -2.24. The van der Waals surface area contributed by atoms with Gasteiger partial charge >= 0.3 is 5.97 Å². The molecule has 0 spiro atoms. The van der Waals surface area contributed by atoms with E-state index in [0.29, 0.717) is 11.3 Å². The van der Waals surface area contributed by atoms with E-state index < -0.39 is 17.4 Å². The first-order valence-corrected chi connectivity index (χ1v) is 6.70. The fourth-order valence-electron chi connectivity index (χ4n) is 1.89. The molecule has 2 rings (SSSR count). The van der Waals surface area contributed by atoms with Crippen LogP contribution in [0.15, 0.2) is 36.5 Å². The van der Waals surface area contributed by atoms with Crippen molar-refractivity contribution < 1.29 is 13.9 Å². The fraction of sp³-hybridized carbons (Fsp3) is 0.235. The van der Waals surface area contributed by atoms with Crippen molar-refractivity contribution in [3.05, 3.63) is 53.5 Å². The van der Waals surface area contributed by atoms with Gasteiger partial charge in [0.2, 0.25) is 0 Å². The van der Waals surface area contributed by atoms with Crippen LogP contribution in [0.4, 0.5) is 4.39 Å². The lowest BCUT2D eigenvalue weighted by atomic mass is 10.0. The van der Waals surface area contributed by atoms with Crippen LogP contribution in [0.5, 0.6) is 0 Å². The van der Waals surface area contributed by atoms with Crippen molar-refractivity contribution in [3.63, 3.8) is 0 Å². The Hall–Kier alpha value is -2.74. The molecule has 0 radical (unpaired) electrons. The predicted molar refractivity (Wildman–Crippen MR) is 79.5 cm³/mol. The van der Waals surface area contributed by atoms with Crippen LogP contribution in [-0.2, 0) is 4.74 Å². The van der Waals surface area contributed by atoms with E-state index in [4.69, 9.17) is 10.00 Å². The van der Waals surface area contributed by atoms with Gasteiger partial charge in [0.05, 0.1) is 16.8 Å². The second kappa shape index (κ2) is 5.94. The summed E-state index contributed by atoms with van der Waals surface area (Å²) in [5, 5.41) is 8.92. The zero-order chi connectivity index (χ0) is 16.3. The zero-order valence-corrected chi connectivity index (χ0v) is 12.6. The Labute approximate surface area is 128 Å². The number of pyridine rings is 1. The number of ether oxygens (including phenoxy) is 1. The highest BCUT2D eigenvalue weighted by atomic mass is 19.1. The number of hydrogen-bond donors (Lipinski definition) is 0. The molecule has 0 aliphatic heterocycles. The molecule has 1 heterocycles. The van der Waals surface area contributed by atoms with Gasteiger partial charge in [-0.25, -0.2) is 9.18 Å². The Bertz CT molecular complexity index is 758. The first-order valence-electron chi connectivity index (χ1n) is 6.70. The van der Waals surface area contributed by atoms with E-state index in [2.05, 4.69) is 4.98 Å². The van der Waals surface area contributed by atoms with Crippen LogP contribution in [0, 0.1) is 17.1 Å². The lowest BCUT2D eigenvalue weighted by molar-refractivity contribution is 0.00701. The van der Waals surface area contributed by atoms with Gasteiger partial charge in [0.1, 0.15) is 17.5 Å². The van der Waals surface area contributed by atoms with E-state index in [9.17, 15) is 9.18 Å². The maximum absolute atomic E-state index is 13.4. The number of rotatable bonds is 2. The third kappa shape index (κ3) is 3.47. The summed E-state index contributed by atoms with van der Waals surface area (Å²) in [5.41, 5.74) is 0.379. The van der Waals surface area contributed by atoms with Gasteiger partial charge in [0.15, 0.2) is 0 Å². The molecule has 112 valence electrons. The van der Waals surface area contributed by atoms with Gasteiger partial charge in [0.25, 0.3) is 0 Å².